The second-order valence-corrected chi connectivity index (χ2v) is 6.16. The van der Waals surface area contributed by atoms with Gasteiger partial charge in [0.15, 0.2) is 11.5 Å². The van der Waals surface area contributed by atoms with E-state index < -0.39 is 0 Å². The van der Waals surface area contributed by atoms with Crippen LogP contribution in [0, 0.1) is 0 Å². The van der Waals surface area contributed by atoms with Gasteiger partial charge in [-0.15, -0.1) is 0 Å². The maximum atomic E-state index is 12.2. The highest BCUT2D eigenvalue weighted by molar-refractivity contribution is 5.92. The first-order valence-corrected chi connectivity index (χ1v) is 8.26. The minimum Gasteiger partial charge on any atom is -0.493 e. The average molecular weight is 342 g/mol. The van der Waals surface area contributed by atoms with E-state index in [4.69, 9.17) is 9.47 Å². The average Bonchev–Trinajstić information content (AvgIpc) is 2.60. The highest BCUT2D eigenvalue weighted by Gasteiger charge is 2.09. The fourth-order valence-corrected chi connectivity index (χ4v) is 2.49. The largest absolute Gasteiger partial charge is 0.493 e. The molecule has 25 heavy (non-hydrogen) atoms. The van der Waals surface area contributed by atoms with Crippen molar-refractivity contribution in [1.82, 2.24) is 4.90 Å². The molecule has 0 saturated carbocycles. The van der Waals surface area contributed by atoms with Crippen molar-refractivity contribution in [2.75, 3.05) is 40.2 Å². The maximum Gasteiger partial charge on any atom is 0.228 e. The van der Waals surface area contributed by atoms with E-state index in [-0.39, 0.29) is 12.3 Å². The summed E-state index contributed by atoms with van der Waals surface area (Å²) in [5.74, 6) is 1.21. The van der Waals surface area contributed by atoms with E-state index in [2.05, 4.69) is 36.4 Å². The zero-order valence-electron chi connectivity index (χ0n) is 15.3. The van der Waals surface area contributed by atoms with Crippen molar-refractivity contribution in [2.24, 2.45) is 0 Å². The van der Waals surface area contributed by atoms with Crippen LogP contribution in [0.3, 0.4) is 0 Å². The van der Waals surface area contributed by atoms with Gasteiger partial charge in [-0.3, -0.25) is 4.79 Å². The predicted molar refractivity (Wildman–Crippen MR) is 101 cm³/mol. The Balaban J connectivity index is 1.93. The number of anilines is 1. The van der Waals surface area contributed by atoms with Crippen LogP contribution in [0.25, 0.3) is 0 Å². The summed E-state index contributed by atoms with van der Waals surface area (Å²) >= 11 is 0. The van der Waals surface area contributed by atoms with Gasteiger partial charge in [0.1, 0.15) is 0 Å². The number of hydrogen-bond donors (Lipinski definition) is 1. The number of rotatable bonds is 8. The quantitative estimate of drug-likeness (QED) is 0.801. The Hall–Kier alpha value is -2.53. The molecule has 0 bridgehead atoms. The summed E-state index contributed by atoms with van der Waals surface area (Å²) in [5, 5.41) is 2.93. The molecule has 2 aromatic rings. The van der Waals surface area contributed by atoms with Crippen molar-refractivity contribution in [2.45, 2.75) is 12.8 Å². The molecular weight excluding hydrogens is 316 g/mol. The first-order valence-electron chi connectivity index (χ1n) is 8.26. The summed E-state index contributed by atoms with van der Waals surface area (Å²) in [5.41, 5.74) is 2.93. The van der Waals surface area contributed by atoms with Crippen molar-refractivity contribution < 1.29 is 14.3 Å². The molecule has 2 rings (SSSR count). The van der Waals surface area contributed by atoms with Gasteiger partial charge in [0.05, 0.1) is 20.6 Å². The van der Waals surface area contributed by atoms with Crippen LogP contribution in [-0.2, 0) is 17.6 Å². The predicted octanol–water partition coefficient (Wildman–Crippen LogP) is 2.99. The molecule has 0 fully saturated rings. The molecule has 1 N–H and O–H groups in total. The van der Waals surface area contributed by atoms with Gasteiger partial charge in [0, 0.05) is 12.2 Å². The minimum atomic E-state index is -0.0618. The third-order valence-electron chi connectivity index (χ3n) is 3.90. The van der Waals surface area contributed by atoms with E-state index in [0.29, 0.717) is 11.5 Å². The topological polar surface area (TPSA) is 50.8 Å². The number of carbonyl (C=O) groups is 1. The Labute approximate surface area is 149 Å². The number of benzene rings is 2. The lowest BCUT2D eigenvalue weighted by atomic mass is 10.1. The number of nitrogens with zero attached hydrogens (tertiary/aromatic N) is 1. The van der Waals surface area contributed by atoms with E-state index in [1.165, 1.54) is 5.56 Å². The molecule has 0 saturated heterocycles. The summed E-state index contributed by atoms with van der Waals surface area (Å²) in [6.45, 7) is 1.00. The third kappa shape index (κ3) is 5.80. The number of likely N-dealkylation sites (N-methyl/N-ethyl adjacent to an activating group) is 1. The van der Waals surface area contributed by atoms with Gasteiger partial charge < -0.3 is 19.7 Å². The van der Waals surface area contributed by atoms with E-state index in [1.807, 2.05) is 24.3 Å². The molecule has 1 amide bonds. The Kier molecular flexibility index (Phi) is 6.83. The molecular formula is C20H26N2O3. The first kappa shape index (κ1) is 18.8. The van der Waals surface area contributed by atoms with Crippen molar-refractivity contribution in [3.63, 3.8) is 0 Å². The molecule has 0 aromatic heterocycles. The van der Waals surface area contributed by atoms with Gasteiger partial charge >= 0.3 is 0 Å². The van der Waals surface area contributed by atoms with E-state index >= 15 is 0 Å². The Morgan fingerprint density at radius 3 is 2.20 bits per heavy atom. The number of carbonyl (C=O) groups excluding carboxylic acids is 1. The molecule has 0 aliphatic carbocycles. The summed E-state index contributed by atoms with van der Waals surface area (Å²) < 4.78 is 10.5. The smallest absolute Gasteiger partial charge is 0.228 e. The molecule has 5 heteroatoms. The van der Waals surface area contributed by atoms with Crippen molar-refractivity contribution in [3.8, 4) is 11.5 Å². The van der Waals surface area contributed by atoms with Gasteiger partial charge in [-0.25, -0.2) is 0 Å². The third-order valence-corrected chi connectivity index (χ3v) is 3.90. The second kappa shape index (κ2) is 9.08. The van der Waals surface area contributed by atoms with Crippen LogP contribution in [0.2, 0.25) is 0 Å². The number of ether oxygens (including phenoxy) is 2. The molecule has 5 nitrogen and oxygen atoms in total. The first-order chi connectivity index (χ1) is 12.0. The van der Waals surface area contributed by atoms with Crippen molar-refractivity contribution >= 4 is 11.6 Å². The van der Waals surface area contributed by atoms with Crippen LogP contribution in [0.15, 0.2) is 42.5 Å². The summed E-state index contributed by atoms with van der Waals surface area (Å²) in [4.78, 5) is 14.4. The number of methoxy groups -OCH3 is 2. The molecule has 0 spiro atoms. The SMILES string of the molecule is COc1ccc(CC(=O)Nc2ccc(CCN(C)C)cc2)cc1OC. The van der Waals surface area contributed by atoms with Gasteiger partial charge in [-0.05, 0) is 55.9 Å². The molecule has 0 aliphatic rings. The zero-order valence-corrected chi connectivity index (χ0v) is 15.3. The van der Waals surface area contributed by atoms with Gasteiger partial charge in [0.25, 0.3) is 0 Å². The van der Waals surface area contributed by atoms with Gasteiger partial charge in [-0.1, -0.05) is 18.2 Å². The zero-order chi connectivity index (χ0) is 18.2. The molecule has 0 radical (unpaired) electrons. The van der Waals surface area contributed by atoms with E-state index in [0.717, 1.165) is 24.2 Å². The molecule has 0 aliphatic heterocycles. The van der Waals surface area contributed by atoms with Crippen LogP contribution in [0.5, 0.6) is 11.5 Å². The fourth-order valence-electron chi connectivity index (χ4n) is 2.49. The fraction of sp³-hybridized carbons (Fsp3) is 0.350. The monoisotopic (exact) mass is 342 g/mol. The summed E-state index contributed by atoms with van der Waals surface area (Å²) in [7, 11) is 7.29. The van der Waals surface area contributed by atoms with Crippen LogP contribution in [-0.4, -0.2) is 45.7 Å². The highest BCUT2D eigenvalue weighted by Crippen LogP contribution is 2.27. The second-order valence-electron chi connectivity index (χ2n) is 6.16. The molecule has 0 atom stereocenters. The van der Waals surface area contributed by atoms with Crippen LogP contribution in [0.1, 0.15) is 11.1 Å². The normalized spacial score (nSPS) is 10.6. The Morgan fingerprint density at radius 2 is 1.60 bits per heavy atom. The number of nitrogens with one attached hydrogen (secondary N) is 1. The van der Waals surface area contributed by atoms with E-state index in [1.54, 1.807) is 20.3 Å². The molecule has 2 aromatic carbocycles. The molecule has 0 heterocycles. The molecule has 0 unspecified atom stereocenters. The Morgan fingerprint density at radius 1 is 0.960 bits per heavy atom. The number of amides is 1. The summed E-state index contributed by atoms with van der Waals surface area (Å²) in [6.07, 6.45) is 1.27. The number of hydrogen-bond acceptors (Lipinski definition) is 4. The van der Waals surface area contributed by atoms with Gasteiger partial charge in [0.2, 0.25) is 5.91 Å². The molecule has 134 valence electrons. The Bertz CT molecular complexity index is 697. The van der Waals surface area contributed by atoms with Crippen LogP contribution < -0.4 is 14.8 Å². The lowest BCUT2D eigenvalue weighted by Gasteiger charge is -2.11. The van der Waals surface area contributed by atoms with Gasteiger partial charge in [-0.2, -0.15) is 0 Å². The van der Waals surface area contributed by atoms with E-state index in [9.17, 15) is 4.79 Å². The van der Waals surface area contributed by atoms with Crippen molar-refractivity contribution in [3.05, 3.63) is 53.6 Å². The lowest BCUT2D eigenvalue weighted by molar-refractivity contribution is -0.115. The lowest BCUT2D eigenvalue weighted by Crippen LogP contribution is -2.15. The van der Waals surface area contributed by atoms with Crippen LogP contribution >= 0.6 is 0 Å². The van der Waals surface area contributed by atoms with Crippen LogP contribution in [0.4, 0.5) is 5.69 Å². The minimum absolute atomic E-state index is 0.0618. The summed E-state index contributed by atoms with van der Waals surface area (Å²) in [6, 6.07) is 13.5. The van der Waals surface area contributed by atoms with Crippen molar-refractivity contribution in [1.29, 1.82) is 0 Å². The highest BCUT2D eigenvalue weighted by atomic mass is 16.5. The maximum absolute atomic E-state index is 12.2. The standard InChI is InChI=1S/C20H26N2O3/c1-22(2)12-11-15-5-8-17(9-6-15)21-20(23)14-16-7-10-18(24-3)19(13-16)25-4/h5-10,13H,11-12,14H2,1-4H3,(H,21,23).